The van der Waals surface area contributed by atoms with Crippen molar-refractivity contribution < 1.29 is 92.2 Å². The first-order valence-corrected chi connectivity index (χ1v) is 35.1. The van der Waals surface area contributed by atoms with E-state index >= 15 is 0 Å². The van der Waals surface area contributed by atoms with Gasteiger partial charge < -0.3 is 71.4 Å². The Labute approximate surface area is 553 Å². The molecule has 0 spiro atoms. The molecule has 10 rings (SSSR count). The normalized spacial score (nSPS) is 23.0. The van der Waals surface area contributed by atoms with E-state index in [-0.39, 0.29) is 62.0 Å². The molecule has 0 atom stereocenters. The molecule has 0 aromatic heterocycles. The predicted octanol–water partition coefficient (Wildman–Crippen LogP) is 12.1. The van der Waals surface area contributed by atoms with E-state index in [0.717, 1.165) is 120 Å². The van der Waals surface area contributed by atoms with Crippen LogP contribution in [0.25, 0.3) is 0 Å². The second-order valence-electron chi connectivity index (χ2n) is 28.9. The number of Topliss-reactive ketones (excluding diaryl/α,β-unsaturated/α-hetero) is 1. The number of ether oxygens (including phenoxy) is 8. The Morgan fingerprint density at radius 1 is 0.505 bits per heavy atom. The SMILES string of the molecule is C1CC(C2CCOCC2)CCN1.CC(C)(C)OC(=O)N1CC=C(B2OC(C)(C)C(C)(C)O2)CC1.CC(C)(C)OC(=O)N1CC=C(C2=CCOCC2)CC1.CC(C)(C)OC(=O)N1CCC(C2CCOCC2)CC1.O=C1CCOCC1.O=S(=O)(OC1=CCOCC1)C(F)(F)F. The molecule has 10 aliphatic heterocycles. The van der Waals surface area contributed by atoms with Crippen LogP contribution >= 0.6 is 0 Å². The van der Waals surface area contributed by atoms with Gasteiger partial charge in [-0.15, -0.1) is 0 Å². The van der Waals surface area contributed by atoms with Gasteiger partial charge in [-0.1, -0.05) is 18.2 Å². The molecule has 10 aliphatic rings. The van der Waals surface area contributed by atoms with E-state index in [9.17, 15) is 40.8 Å². The zero-order valence-corrected chi connectivity index (χ0v) is 59.0. The smallest absolute Gasteiger partial charge is 0.444 e. The molecular weight excluding hydrogens is 1230 g/mol. The van der Waals surface area contributed by atoms with Gasteiger partial charge in [0.05, 0.1) is 50.8 Å². The summed E-state index contributed by atoms with van der Waals surface area (Å²) in [5.41, 5.74) is -3.48. The number of ketones is 1. The molecule has 532 valence electrons. The summed E-state index contributed by atoms with van der Waals surface area (Å²) >= 11 is 0. The van der Waals surface area contributed by atoms with Crippen LogP contribution in [0.15, 0.2) is 46.7 Å². The third kappa shape index (κ3) is 28.8. The Balaban J connectivity index is 0.000000208. The van der Waals surface area contributed by atoms with Crippen molar-refractivity contribution in [3.8, 4) is 0 Å². The highest BCUT2D eigenvalue weighted by atomic mass is 32.2. The number of amides is 3. The van der Waals surface area contributed by atoms with E-state index in [0.29, 0.717) is 58.1 Å². The van der Waals surface area contributed by atoms with Crippen molar-refractivity contribution in [2.45, 2.75) is 213 Å². The molecule has 0 aromatic rings. The summed E-state index contributed by atoms with van der Waals surface area (Å²) in [6, 6.07) is 0. The summed E-state index contributed by atoms with van der Waals surface area (Å²) in [5, 5.41) is 3.42. The Morgan fingerprint density at radius 3 is 1.30 bits per heavy atom. The third-order valence-corrected chi connectivity index (χ3v) is 18.6. The lowest BCUT2D eigenvalue weighted by molar-refractivity contribution is -0.124. The maximum Gasteiger partial charge on any atom is 0.534 e. The lowest BCUT2D eigenvalue weighted by Crippen LogP contribution is -2.43. The number of likely N-dealkylation sites (tertiary alicyclic amines) is 1. The minimum atomic E-state index is -5.52. The van der Waals surface area contributed by atoms with Gasteiger partial charge in [0.2, 0.25) is 0 Å². The zero-order chi connectivity index (χ0) is 68.7. The van der Waals surface area contributed by atoms with E-state index in [4.69, 9.17) is 47.2 Å². The van der Waals surface area contributed by atoms with Crippen molar-refractivity contribution in [3.05, 3.63) is 46.7 Å². The predicted molar refractivity (Wildman–Crippen MR) is 348 cm³/mol. The van der Waals surface area contributed by atoms with Gasteiger partial charge >= 0.3 is 41.0 Å². The van der Waals surface area contributed by atoms with Crippen LogP contribution in [0.2, 0.25) is 0 Å². The van der Waals surface area contributed by atoms with E-state index in [1.807, 2.05) is 101 Å². The van der Waals surface area contributed by atoms with Crippen LogP contribution in [-0.2, 0) is 66.3 Å². The molecule has 6 saturated heterocycles. The highest BCUT2D eigenvalue weighted by Gasteiger charge is 2.53. The first-order valence-electron chi connectivity index (χ1n) is 33.7. The topological polar surface area (TPSA) is 226 Å². The lowest BCUT2D eigenvalue weighted by atomic mass is 9.75. The number of nitrogens with one attached hydrogen (secondary N) is 1. The summed E-state index contributed by atoms with van der Waals surface area (Å²) in [4.78, 5) is 51.7. The maximum absolute atomic E-state index is 12.1. The lowest BCUT2D eigenvalue weighted by Gasteiger charge is -2.38. The summed E-state index contributed by atoms with van der Waals surface area (Å²) in [7, 11) is -5.84. The Morgan fingerprint density at radius 2 is 0.914 bits per heavy atom. The quantitative estimate of drug-likeness (QED) is 0.113. The Bertz CT molecular complexity index is 2550. The summed E-state index contributed by atoms with van der Waals surface area (Å²) in [6.07, 6.45) is 20.8. The molecule has 1 N–H and O–H groups in total. The van der Waals surface area contributed by atoms with Crippen molar-refractivity contribution >= 4 is 41.3 Å². The van der Waals surface area contributed by atoms with Crippen LogP contribution in [0.1, 0.15) is 180 Å². The highest BCUT2D eigenvalue weighted by Crippen LogP contribution is 2.40. The fraction of sp³-hybridized carbons (Fsp3) is 0.821. The minimum absolute atomic E-state index is 0.0231. The molecule has 0 bridgehead atoms. The molecule has 10 heterocycles. The number of alkyl halides is 3. The van der Waals surface area contributed by atoms with Gasteiger partial charge in [0.15, 0.2) is 0 Å². The van der Waals surface area contributed by atoms with Gasteiger partial charge in [0, 0.05) is 85.0 Å². The standard InChI is InChI=1S/C16H28BNO4.C15H27NO3.C15H23NO3.C10H19NO.C6H7F3O4S.C5H8O2/c1-14(2,3)20-13(19)18-10-8-12(9-11-18)17-21-15(4,5)16(6,7)22-17;2*1-15(2,3)19-14(17)16-8-4-12(5-9-16)13-6-10-18-11-7-13;1-5-11-6-2-9(1)10-3-7-12-8-4-10;7-6(8,9)14(10,11)13-5-1-3-12-4-2-5;6-5-1-3-7-4-2-5/h8H,9-11H2,1-7H3;12-13H,4-11H2,1-3H3;4,6H,5,7-11H2,1-3H3;9-11H,1-8H2;1H,2-4H2;1-4H2. The van der Waals surface area contributed by atoms with Crippen LogP contribution in [0.5, 0.6) is 0 Å². The van der Waals surface area contributed by atoms with E-state index in [1.165, 1.54) is 62.8 Å². The van der Waals surface area contributed by atoms with E-state index in [2.05, 4.69) is 21.7 Å². The van der Waals surface area contributed by atoms with Crippen LogP contribution < -0.4 is 5.32 Å². The molecule has 3 amide bonds. The van der Waals surface area contributed by atoms with Gasteiger partial charge in [-0.05, 0) is 220 Å². The van der Waals surface area contributed by atoms with Crippen LogP contribution in [-0.4, -0.2) is 206 Å². The average molecular weight is 1350 g/mol. The third-order valence-electron chi connectivity index (χ3n) is 17.6. The molecular formula is C67H112BF3N4O17S. The second-order valence-corrected chi connectivity index (χ2v) is 30.5. The number of carbonyl (C=O) groups is 4. The maximum atomic E-state index is 12.1. The summed E-state index contributed by atoms with van der Waals surface area (Å²) in [6.45, 7) is 38.8. The molecule has 93 heavy (non-hydrogen) atoms. The zero-order valence-electron chi connectivity index (χ0n) is 58.1. The molecule has 21 nitrogen and oxygen atoms in total. The van der Waals surface area contributed by atoms with Gasteiger partial charge in [0.25, 0.3) is 0 Å². The van der Waals surface area contributed by atoms with Gasteiger partial charge in [0.1, 0.15) is 28.3 Å². The van der Waals surface area contributed by atoms with Crippen molar-refractivity contribution in [1.82, 2.24) is 20.0 Å². The first-order chi connectivity index (χ1) is 43.5. The Hall–Kier alpha value is -4.28. The fourth-order valence-electron chi connectivity index (χ4n) is 11.6. The number of hydrogen-bond acceptors (Lipinski definition) is 18. The average Bonchev–Trinajstić information content (AvgIpc) is 1.64. The molecule has 26 heteroatoms. The minimum Gasteiger partial charge on any atom is -0.444 e. The number of rotatable bonds is 6. The molecule has 0 saturated carbocycles. The highest BCUT2D eigenvalue weighted by molar-refractivity contribution is 7.87. The number of nitrogens with zero attached hydrogens (tertiary/aromatic N) is 3. The number of carbonyl (C=O) groups excluding carboxylic acids is 4. The Kier molecular flexibility index (Phi) is 31.5. The van der Waals surface area contributed by atoms with Crippen LogP contribution in [0.4, 0.5) is 27.6 Å². The fourth-order valence-corrected chi connectivity index (χ4v) is 12.1. The second kappa shape index (κ2) is 36.9. The van der Waals surface area contributed by atoms with Crippen molar-refractivity contribution in [1.29, 1.82) is 0 Å². The number of halogens is 3. The summed E-state index contributed by atoms with van der Waals surface area (Å²) in [5.74, 6) is 3.65. The van der Waals surface area contributed by atoms with Crippen LogP contribution in [0.3, 0.4) is 0 Å². The molecule has 0 radical (unpaired) electrons. The van der Waals surface area contributed by atoms with Gasteiger partial charge in [-0.3, -0.25) is 4.79 Å². The largest absolute Gasteiger partial charge is 0.534 e. The number of piperidine rings is 2. The molecule has 6 fully saturated rings. The van der Waals surface area contributed by atoms with E-state index in [1.54, 1.807) is 9.80 Å². The van der Waals surface area contributed by atoms with Crippen molar-refractivity contribution in [2.24, 2.45) is 23.7 Å². The van der Waals surface area contributed by atoms with Gasteiger partial charge in [-0.25, -0.2) is 14.4 Å². The van der Waals surface area contributed by atoms with Crippen LogP contribution in [0, 0.1) is 23.7 Å². The number of hydrogen-bond donors (Lipinski definition) is 1. The monoisotopic (exact) mass is 1340 g/mol. The molecule has 0 aliphatic carbocycles. The molecule has 0 unspecified atom stereocenters. The summed E-state index contributed by atoms with van der Waals surface area (Å²) < 4.78 is 114. The van der Waals surface area contributed by atoms with E-state index < -0.39 is 32.4 Å². The van der Waals surface area contributed by atoms with Gasteiger partial charge in [-0.2, -0.15) is 21.6 Å². The van der Waals surface area contributed by atoms with Crippen molar-refractivity contribution in [3.63, 3.8) is 0 Å². The first kappa shape index (κ1) is 79.4. The van der Waals surface area contributed by atoms with Crippen molar-refractivity contribution in [2.75, 3.05) is 118 Å². The molecule has 0 aromatic carbocycles.